The molecule has 1 aliphatic rings. The number of nitrogens with one attached hydrogen (secondary N) is 3. The molecule has 0 aliphatic carbocycles. The average Bonchev–Trinajstić information content (AvgIpc) is 2.83. The highest BCUT2D eigenvalue weighted by molar-refractivity contribution is 6.47. The Hall–Kier alpha value is -3.69. The van der Waals surface area contributed by atoms with Crippen LogP contribution in [0.2, 0.25) is 0 Å². The smallest absolute Gasteiger partial charge is 0.222 e. The highest BCUT2D eigenvalue weighted by Crippen LogP contribution is 2.21. The molecule has 9 nitrogen and oxygen atoms in total. The molecule has 38 heavy (non-hydrogen) atoms. The van der Waals surface area contributed by atoms with Crippen molar-refractivity contribution in [2.24, 2.45) is 15.7 Å². The number of dihydropyridines is 1. The number of rotatable bonds is 13. The zero-order valence-electron chi connectivity index (χ0n) is 23.7. The van der Waals surface area contributed by atoms with Crippen molar-refractivity contribution in [3.05, 3.63) is 60.3 Å². The first-order valence-corrected chi connectivity index (χ1v) is 13.1. The molecule has 2 aromatic carbocycles. The van der Waals surface area contributed by atoms with E-state index in [9.17, 15) is 4.79 Å². The second-order valence-corrected chi connectivity index (χ2v) is 11.7. The van der Waals surface area contributed by atoms with Crippen LogP contribution >= 0.6 is 0 Å². The lowest BCUT2D eigenvalue weighted by Crippen LogP contribution is -2.36. The number of nitrogens with zero attached hydrogens (tertiary/aromatic N) is 4. The molecule has 0 saturated carbocycles. The molecule has 0 aromatic heterocycles. The lowest BCUT2D eigenvalue weighted by molar-refractivity contribution is -0.870. The maximum atomic E-state index is 12.2. The van der Waals surface area contributed by atoms with Gasteiger partial charge in [0, 0.05) is 49.1 Å². The Labute approximate surface area is 227 Å². The minimum Gasteiger partial charge on any atom is -0.385 e. The van der Waals surface area contributed by atoms with E-state index in [2.05, 4.69) is 68.2 Å². The van der Waals surface area contributed by atoms with Crippen molar-refractivity contribution in [2.45, 2.75) is 12.8 Å². The standard InChI is InChI=1S/C29H43N8O/c1-36(2,3)19-7-17-31-22-9-13-24(14-10-22)33-26-21-27(38)28(30)35-29(26)34-25-15-11-23(12-16-25)32-18-8-20-37(4,5)6/h9-16,21H,7-8,17-20H2,1-6H3,(H4-,30,31,32,33,34,35,38)/q+1/p+1. The molecule has 0 spiro atoms. The van der Waals surface area contributed by atoms with Gasteiger partial charge in [-0.1, -0.05) is 0 Å². The van der Waals surface area contributed by atoms with Gasteiger partial charge in [-0.25, -0.2) is 9.98 Å². The van der Waals surface area contributed by atoms with E-state index in [1.807, 2.05) is 48.5 Å². The molecule has 0 saturated heterocycles. The van der Waals surface area contributed by atoms with Crippen molar-refractivity contribution in [2.75, 3.05) is 84.4 Å². The minimum atomic E-state index is -0.338. The molecule has 0 radical (unpaired) electrons. The Morgan fingerprint density at radius 2 is 1.24 bits per heavy atom. The predicted molar refractivity (Wildman–Crippen MR) is 160 cm³/mol. The Kier molecular flexibility index (Phi) is 9.66. The number of carbonyl (C=O) groups excluding carboxylic acids is 1. The van der Waals surface area contributed by atoms with Crippen LogP contribution in [0.15, 0.2) is 70.3 Å². The Morgan fingerprint density at radius 3 is 1.74 bits per heavy atom. The van der Waals surface area contributed by atoms with Crippen molar-refractivity contribution in [3.8, 4) is 0 Å². The Morgan fingerprint density at radius 1 is 0.763 bits per heavy atom. The number of quaternary nitrogens is 2. The summed E-state index contributed by atoms with van der Waals surface area (Å²) in [6.07, 6.45) is 3.62. The predicted octanol–water partition coefficient (Wildman–Crippen LogP) is 3.67. The first-order valence-electron chi connectivity index (χ1n) is 13.1. The van der Waals surface area contributed by atoms with Gasteiger partial charge in [-0.15, -0.1) is 0 Å². The summed E-state index contributed by atoms with van der Waals surface area (Å²) in [5.41, 5.74) is 9.99. The third kappa shape index (κ3) is 9.99. The van der Waals surface area contributed by atoms with Gasteiger partial charge in [0.1, 0.15) is 0 Å². The fraction of sp³-hybridized carbons (Fsp3) is 0.414. The van der Waals surface area contributed by atoms with Crippen molar-refractivity contribution >= 4 is 40.2 Å². The summed E-state index contributed by atoms with van der Waals surface area (Å²) in [6.45, 7) is 4.04. The molecular weight excluding hydrogens is 476 g/mol. The number of hydrogen-bond acceptors (Lipinski definition) is 6. The second-order valence-electron chi connectivity index (χ2n) is 11.7. The molecule has 3 rings (SSSR count). The Balaban J connectivity index is 1.62. The summed E-state index contributed by atoms with van der Waals surface area (Å²) in [5, 5.41) is 10.2. The van der Waals surface area contributed by atoms with Crippen LogP contribution in [0.25, 0.3) is 0 Å². The SMILES string of the molecule is C[N+](C)(C)CCCNc1ccc(N=C2N=C(N)C(=O)C=C2Nc2ccc(NCCC[N+](C)(C)C)cc2)cc1. The molecule has 9 heteroatoms. The maximum absolute atomic E-state index is 12.2. The van der Waals surface area contributed by atoms with Crippen molar-refractivity contribution in [1.82, 2.24) is 0 Å². The summed E-state index contributed by atoms with van der Waals surface area (Å²) in [7, 11) is 13.2. The maximum Gasteiger partial charge on any atom is 0.222 e. The van der Waals surface area contributed by atoms with E-state index < -0.39 is 0 Å². The second kappa shape index (κ2) is 12.7. The van der Waals surface area contributed by atoms with E-state index >= 15 is 0 Å². The number of aliphatic imine (C=N–C) groups is 2. The largest absolute Gasteiger partial charge is 0.385 e. The topological polar surface area (TPSA) is 104 Å². The zero-order valence-corrected chi connectivity index (χ0v) is 23.7. The summed E-state index contributed by atoms with van der Waals surface area (Å²) in [4.78, 5) is 21.2. The highest BCUT2D eigenvalue weighted by atomic mass is 16.1. The van der Waals surface area contributed by atoms with Crippen LogP contribution in [-0.2, 0) is 4.79 Å². The molecule has 204 valence electrons. The van der Waals surface area contributed by atoms with Gasteiger partial charge in [0.2, 0.25) is 5.78 Å². The third-order valence-electron chi connectivity index (χ3n) is 5.93. The summed E-state index contributed by atoms with van der Waals surface area (Å²) < 4.78 is 1.90. The van der Waals surface area contributed by atoms with Crippen LogP contribution in [0.4, 0.5) is 22.7 Å². The molecule has 5 N–H and O–H groups in total. The van der Waals surface area contributed by atoms with Crippen molar-refractivity contribution < 1.29 is 13.8 Å². The quantitative estimate of drug-likeness (QED) is 0.238. The number of anilines is 3. The van der Waals surface area contributed by atoms with E-state index in [-0.39, 0.29) is 11.6 Å². The van der Waals surface area contributed by atoms with Crippen LogP contribution in [0.3, 0.4) is 0 Å². The van der Waals surface area contributed by atoms with Gasteiger partial charge in [0.25, 0.3) is 0 Å². The van der Waals surface area contributed by atoms with Crippen molar-refractivity contribution in [3.63, 3.8) is 0 Å². The lowest BCUT2D eigenvalue weighted by atomic mass is 10.2. The number of carbonyl (C=O) groups is 1. The molecule has 1 aliphatic heterocycles. The van der Waals surface area contributed by atoms with Gasteiger partial charge in [-0.05, 0) is 48.5 Å². The van der Waals surface area contributed by atoms with Gasteiger partial charge in [-0.2, -0.15) is 0 Å². The van der Waals surface area contributed by atoms with Crippen LogP contribution in [0.5, 0.6) is 0 Å². The monoisotopic (exact) mass is 520 g/mol. The van der Waals surface area contributed by atoms with Gasteiger partial charge in [0.15, 0.2) is 11.7 Å². The molecule has 1 heterocycles. The van der Waals surface area contributed by atoms with E-state index in [0.717, 1.165) is 70.7 Å². The fourth-order valence-corrected chi connectivity index (χ4v) is 3.85. The zero-order chi connectivity index (χ0) is 27.8. The number of ketones is 1. The first-order chi connectivity index (χ1) is 17.9. The van der Waals surface area contributed by atoms with Gasteiger partial charge in [-0.3, -0.25) is 4.79 Å². The minimum absolute atomic E-state index is 0.0711. The summed E-state index contributed by atoms with van der Waals surface area (Å²) in [5.74, 6) is -0.0399. The van der Waals surface area contributed by atoms with E-state index in [1.165, 1.54) is 6.08 Å². The van der Waals surface area contributed by atoms with Gasteiger partial charge in [0.05, 0.1) is 66.8 Å². The number of benzene rings is 2. The lowest BCUT2D eigenvalue weighted by Gasteiger charge is -2.23. The highest BCUT2D eigenvalue weighted by Gasteiger charge is 2.19. The Bertz CT molecular complexity index is 1170. The summed E-state index contributed by atoms with van der Waals surface area (Å²) in [6, 6.07) is 15.8. The van der Waals surface area contributed by atoms with Gasteiger partial charge < -0.3 is 30.7 Å². The molecule has 0 unspecified atom stereocenters. The van der Waals surface area contributed by atoms with Crippen LogP contribution in [0, 0.1) is 0 Å². The van der Waals surface area contributed by atoms with Crippen LogP contribution in [0.1, 0.15) is 12.8 Å². The molecule has 0 amide bonds. The third-order valence-corrected chi connectivity index (χ3v) is 5.93. The van der Waals surface area contributed by atoms with Gasteiger partial charge >= 0.3 is 0 Å². The molecular formula is C29H44N8O+2. The molecule has 0 bridgehead atoms. The molecule has 0 fully saturated rings. The molecule has 2 aromatic rings. The molecule has 0 atom stereocenters. The normalized spacial score (nSPS) is 15.2. The van der Waals surface area contributed by atoms with E-state index in [1.54, 1.807) is 0 Å². The number of amidine groups is 2. The van der Waals surface area contributed by atoms with Crippen molar-refractivity contribution in [1.29, 1.82) is 0 Å². The first kappa shape index (κ1) is 28.9. The number of hydrogen-bond donors (Lipinski definition) is 4. The number of nitrogens with two attached hydrogens (primary N) is 1. The van der Waals surface area contributed by atoms with Crippen LogP contribution in [-0.4, -0.2) is 94.9 Å². The van der Waals surface area contributed by atoms with E-state index in [4.69, 9.17) is 5.73 Å². The fourth-order valence-electron chi connectivity index (χ4n) is 3.85. The van der Waals surface area contributed by atoms with Crippen LogP contribution < -0.4 is 21.7 Å². The average molecular weight is 521 g/mol. The summed E-state index contributed by atoms with van der Waals surface area (Å²) >= 11 is 0. The van der Waals surface area contributed by atoms with E-state index in [0.29, 0.717) is 11.5 Å².